The molecule has 5 heterocycles. The maximum atomic E-state index is 12.9. The first kappa shape index (κ1) is 28.2. The van der Waals surface area contributed by atoms with E-state index < -0.39 is 46.4 Å². The summed E-state index contributed by atoms with van der Waals surface area (Å²) in [7, 11) is -3.71. The first-order valence-corrected chi connectivity index (χ1v) is 14.8. The zero-order chi connectivity index (χ0) is 29.6. The molecule has 2 saturated heterocycles. The highest BCUT2D eigenvalue weighted by Gasteiger charge is 2.58. The number of anilines is 2. The van der Waals surface area contributed by atoms with E-state index in [2.05, 4.69) is 30.9 Å². The van der Waals surface area contributed by atoms with E-state index in [1.54, 1.807) is 42.7 Å². The zero-order valence-electron chi connectivity index (χ0n) is 23.1. The molecule has 3 aromatic rings. The number of carbonyl (C=O) groups is 2. The molecular formula is C26H30N8O7S. The molecule has 2 fully saturated rings. The highest BCUT2D eigenvalue weighted by atomic mass is 32.2. The molecule has 3 amide bonds. The Morgan fingerprint density at radius 2 is 1.83 bits per heavy atom. The molecule has 0 spiro atoms. The number of aromatic nitrogens is 4. The highest BCUT2D eigenvalue weighted by Crippen LogP contribution is 2.44. The Labute approximate surface area is 241 Å². The number of nitrogens with one attached hydrogen (secondary N) is 3. The predicted octanol–water partition coefficient (Wildman–Crippen LogP) is 1.58. The monoisotopic (exact) mass is 598 g/mol. The Bertz CT molecular complexity index is 1670. The summed E-state index contributed by atoms with van der Waals surface area (Å²) in [5.41, 5.74) is 0.880. The van der Waals surface area contributed by atoms with E-state index in [1.807, 2.05) is 6.92 Å². The van der Waals surface area contributed by atoms with Crippen molar-refractivity contribution in [2.45, 2.75) is 56.0 Å². The van der Waals surface area contributed by atoms with Gasteiger partial charge < -0.3 is 24.8 Å². The Hall–Kier alpha value is -3.96. The number of imidazole rings is 1. The normalized spacial score (nSPS) is 25.0. The summed E-state index contributed by atoms with van der Waals surface area (Å²) in [6.45, 7) is 6.37. The fraction of sp³-hybridized carbons (Fsp3) is 0.423. The number of likely N-dealkylation sites (N-methyl/N-ethyl adjacent to an activating group) is 1. The van der Waals surface area contributed by atoms with E-state index in [4.69, 9.17) is 14.2 Å². The Morgan fingerprint density at radius 3 is 2.60 bits per heavy atom. The van der Waals surface area contributed by atoms with Crippen LogP contribution in [0.25, 0.3) is 11.2 Å². The number of sulfonamides is 1. The van der Waals surface area contributed by atoms with Gasteiger partial charge in [0.1, 0.15) is 18.5 Å². The van der Waals surface area contributed by atoms with Crippen LogP contribution in [0.15, 0.2) is 54.0 Å². The molecule has 0 saturated carbocycles. The van der Waals surface area contributed by atoms with Gasteiger partial charge in [-0.3, -0.25) is 14.7 Å². The van der Waals surface area contributed by atoms with Crippen molar-refractivity contribution in [2.24, 2.45) is 0 Å². The van der Waals surface area contributed by atoms with E-state index in [-0.39, 0.29) is 27.8 Å². The third kappa shape index (κ3) is 5.11. The highest BCUT2D eigenvalue weighted by molar-refractivity contribution is 7.89. The van der Waals surface area contributed by atoms with Crippen molar-refractivity contribution in [3.05, 3.63) is 49.1 Å². The van der Waals surface area contributed by atoms with Crippen LogP contribution in [0.4, 0.5) is 16.3 Å². The first-order valence-electron chi connectivity index (χ1n) is 13.4. The molecule has 3 N–H and O–H groups in total. The van der Waals surface area contributed by atoms with Crippen molar-refractivity contribution in [2.75, 3.05) is 30.3 Å². The quantitative estimate of drug-likeness (QED) is 0.338. The smallest absolute Gasteiger partial charge is 0.324 e. The van der Waals surface area contributed by atoms with Gasteiger partial charge in [0.25, 0.3) is 5.91 Å². The summed E-state index contributed by atoms with van der Waals surface area (Å²) in [6.07, 6.45) is 3.32. The van der Waals surface area contributed by atoms with Crippen LogP contribution in [0, 0.1) is 0 Å². The van der Waals surface area contributed by atoms with Crippen LogP contribution in [-0.2, 0) is 29.0 Å². The third-order valence-corrected chi connectivity index (χ3v) is 8.85. The molecule has 0 bridgehead atoms. The number of carbonyl (C=O) groups excluding carboxylic acids is 2. The summed E-state index contributed by atoms with van der Waals surface area (Å²) in [5.74, 6) is -1.13. The second-order valence-electron chi connectivity index (χ2n) is 10.4. The van der Waals surface area contributed by atoms with Crippen molar-refractivity contribution < 1.29 is 32.2 Å². The van der Waals surface area contributed by atoms with Gasteiger partial charge in [0.2, 0.25) is 10.0 Å². The van der Waals surface area contributed by atoms with Gasteiger partial charge in [0, 0.05) is 25.3 Å². The molecule has 222 valence electrons. The van der Waals surface area contributed by atoms with Crippen LogP contribution >= 0.6 is 0 Å². The van der Waals surface area contributed by atoms with Crippen molar-refractivity contribution in [3.63, 3.8) is 0 Å². The van der Waals surface area contributed by atoms with Gasteiger partial charge in [0.05, 0.1) is 11.2 Å². The SMILES string of the molecule is CCNC(=O)[C@H]1O[C@@H](n2cnc3c(NC(=O)Nc4cccc(S(=O)(=O)N5CC=CC5)c4)ncnc32)[C@@H]2OC(C)(C)O[C@@H]21. The van der Waals surface area contributed by atoms with Crippen molar-refractivity contribution >= 4 is 44.6 Å². The lowest BCUT2D eigenvalue weighted by Crippen LogP contribution is -2.42. The van der Waals surface area contributed by atoms with Crippen LogP contribution in [-0.4, -0.2) is 87.9 Å². The molecule has 0 aliphatic carbocycles. The number of nitrogens with zero attached hydrogens (tertiary/aromatic N) is 5. The molecule has 42 heavy (non-hydrogen) atoms. The number of fused-ring (bicyclic) bond motifs is 2. The van der Waals surface area contributed by atoms with E-state index in [0.717, 1.165) is 0 Å². The van der Waals surface area contributed by atoms with E-state index in [9.17, 15) is 18.0 Å². The van der Waals surface area contributed by atoms with Gasteiger partial charge in [-0.2, -0.15) is 4.31 Å². The Morgan fingerprint density at radius 1 is 1.07 bits per heavy atom. The van der Waals surface area contributed by atoms with Gasteiger partial charge in [-0.05, 0) is 39.0 Å². The summed E-state index contributed by atoms with van der Waals surface area (Å²) in [4.78, 5) is 38.6. The average Bonchev–Trinajstić information content (AvgIpc) is 3.73. The number of hydrogen-bond donors (Lipinski definition) is 3. The van der Waals surface area contributed by atoms with E-state index >= 15 is 0 Å². The average molecular weight is 599 g/mol. The number of amides is 3. The largest absolute Gasteiger partial charge is 0.354 e. The van der Waals surface area contributed by atoms with E-state index in [0.29, 0.717) is 25.3 Å². The van der Waals surface area contributed by atoms with Crippen molar-refractivity contribution in [1.29, 1.82) is 0 Å². The second kappa shape index (κ2) is 10.7. The fourth-order valence-corrected chi connectivity index (χ4v) is 6.61. The predicted molar refractivity (Wildman–Crippen MR) is 149 cm³/mol. The van der Waals surface area contributed by atoms with Crippen molar-refractivity contribution in [1.82, 2.24) is 29.1 Å². The molecule has 15 nitrogen and oxygen atoms in total. The number of urea groups is 1. The molecule has 0 radical (unpaired) electrons. The van der Waals surface area contributed by atoms with Gasteiger partial charge >= 0.3 is 6.03 Å². The Kier molecular flexibility index (Phi) is 7.18. The standard InChI is InChI=1S/C26H30N8O7S/c1-4-27-23(35)19-18-20(41-26(2,3)40-18)24(39-19)34-14-30-17-21(28-13-29-22(17)34)32-25(36)31-15-8-7-9-16(12-15)42(37,38)33-10-5-6-11-33/h5-9,12-14,18-20,24H,4,10-11H2,1-3H3,(H,27,35)(H2,28,29,31,32,36)/t18-,19+,20-,24-/m1/s1. The molecule has 3 aliphatic heterocycles. The number of ether oxygens (including phenoxy) is 3. The summed E-state index contributed by atoms with van der Waals surface area (Å²) >= 11 is 0. The van der Waals surface area contributed by atoms with Crippen LogP contribution in [0.2, 0.25) is 0 Å². The maximum absolute atomic E-state index is 12.9. The summed E-state index contributed by atoms with van der Waals surface area (Å²) in [5, 5.41) is 8.05. The number of benzene rings is 1. The second-order valence-corrected chi connectivity index (χ2v) is 12.3. The molecular weight excluding hydrogens is 568 g/mol. The zero-order valence-corrected chi connectivity index (χ0v) is 23.9. The lowest BCUT2D eigenvalue weighted by Gasteiger charge is -2.24. The van der Waals surface area contributed by atoms with E-state index in [1.165, 1.54) is 29.1 Å². The number of hydrogen-bond acceptors (Lipinski definition) is 10. The maximum Gasteiger partial charge on any atom is 0.324 e. The minimum atomic E-state index is -3.71. The molecule has 0 unspecified atom stereocenters. The summed E-state index contributed by atoms with van der Waals surface area (Å²) < 4.78 is 46.9. The minimum absolute atomic E-state index is 0.0641. The van der Waals surface area contributed by atoms with Crippen LogP contribution < -0.4 is 16.0 Å². The van der Waals surface area contributed by atoms with Crippen LogP contribution in [0.1, 0.15) is 27.0 Å². The third-order valence-electron chi connectivity index (χ3n) is 7.02. The van der Waals surface area contributed by atoms with Gasteiger partial charge in [0.15, 0.2) is 35.1 Å². The Balaban J connectivity index is 1.21. The van der Waals surface area contributed by atoms with Crippen LogP contribution in [0.5, 0.6) is 0 Å². The molecule has 1 aromatic carbocycles. The van der Waals surface area contributed by atoms with Gasteiger partial charge in [-0.15, -0.1) is 0 Å². The topological polar surface area (TPSA) is 179 Å². The van der Waals surface area contributed by atoms with Crippen LogP contribution in [0.3, 0.4) is 0 Å². The first-order chi connectivity index (χ1) is 20.1. The minimum Gasteiger partial charge on any atom is -0.354 e. The molecule has 16 heteroatoms. The van der Waals surface area contributed by atoms with Gasteiger partial charge in [-0.1, -0.05) is 18.2 Å². The molecule has 2 aromatic heterocycles. The summed E-state index contributed by atoms with van der Waals surface area (Å²) in [6, 6.07) is 5.33. The van der Waals surface area contributed by atoms with Gasteiger partial charge in [-0.25, -0.2) is 28.2 Å². The fourth-order valence-electron chi connectivity index (χ4n) is 5.22. The molecule has 3 aliphatic rings. The lowest BCUT2D eigenvalue weighted by molar-refractivity contribution is -0.197. The molecule has 6 rings (SSSR count). The van der Waals surface area contributed by atoms with Crippen molar-refractivity contribution in [3.8, 4) is 0 Å². The molecule has 4 atom stereocenters. The number of rotatable bonds is 7. The lowest BCUT2D eigenvalue weighted by atomic mass is 10.1.